The summed E-state index contributed by atoms with van der Waals surface area (Å²) in [5, 5.41) is 8.77. The fourth-order valence-corrected chi connectivity index (χ4v) is 2.11. The summed E-state index contributed by atoms with van der Waals surface area (Å²) in [7, 11) is 1.63. The summed E-state index contributed by atoms with van der Waals surface area (Å²) in [6, 6.07) is 3.35. The van der Waals surface area contributed by atoms with Gasteiger partial charge in [0.2, 0.25) is 0 Å². The van der Waals surface area contributed by atoms with Gasteiger partial charge in [-0.2, -0.15) is 0 Å². The van der Waals surface area contributed by atoms with E-state index in [-0.39, 0.29) is 0 Å². The molecule has 0 aliphatic heterocycles. The first-order valence-corrected chi connectivity index (χ1v) is 7.10. The lowest BCUT2D eigenvalue weighted by Gasteiger charge is -2.06. The lowest BCUT2D eigenvalue weighted by molar-refractivity contribution is 0.00120. The van der Waals surface area contributed by atoms with E-state index in [1.807, 2.05) is 0 Å². The van der Waals surface area contributed by atoms with Crippen molar-refractivity contribution in [3.05, 3.63) is 21.9 Å². The number of rotatable bonds is 12. The SMILES string of the molecule is COCCOCCOCCOCc1ccc(C(=O)O)s1. The third-order valence-electron chi connectivity index (χ3n) is 2.29. The molecule has 0 saturated carbocycles. The molecule has 0 saturated heterocycles. The number of ether oxygens (including phenoxy) is 4. The van der Waals surface area contributed by atoms with Gasteiger partial charge in [0.05, 0.1) is 46.2 Å². The Morgan fingerprint density at radius 3 is 2.20 bits per heavy atom. The molecular weight excluding hydrogens is 284 g/mol. The maximum absolute atomic E-state index is 10.7. The topological polar surface area (TPSA) is 74.2 Å². The van der Waals surface area contributed by atoms with Crippen molar-refractivity contribution in [3.8, 4) is 0 Å². The Hall–Kier alpha value is -0.990. The summed E-state index contributed by atoms with van der Waals surface area (Å²) in [6.07, 6.45) is 0. The van der Waals surface area contributed by atoms with Gasteiger partial charge in [-0.1, -0.05) is 0 Å². The number of hydrogen-bond donors (Lipinski definition) is 1. The maximum atomic E-state index is 10.7. The molecule has 0 radical (unpaired) electrons. The van der Waals surface area contributed by atoms with Crippen LogP contribution in [-0.2, 0) is 25.6 Å². The van der Waals surface area contributed by atoms with E-state index in [9.17, 15) is 4.79 Å². The number of hydrogen-bond acceptors (Lipinski definition) is 6. The standard InChI is InChI=1S/C13H20O6S/c1-16-4-5-17-6-7-18-8-9-19-10-11-2-3-12(20-11)13(14)15/h2-3H,4-10H2,1H3,(H,14,15). The number of methoxy groups -OCH3 is 1. The van der Waals surface area contributed by atoms with Crippen LogP contribution in [-0.4, -0.2) is 57.8 Å². The van der Waals surface area contributed by atoms with Crippen molar-refractivity contribution in [2.75, 3.05) is 46.8 Å². The van der Waals surface area contributed by atoms with E-state index < -0.39 is 5.97 Å². The second-order valence-electron chi connectivity index (χ2n) is 3.84. The Balaban J connectivity index is 1.93. The zero-order valence-corrected chi connectivity index (χ0v) is 12.3. The molecule has 1 N–H and O–H groups in total. The van der Waals surface area contributed by atoms with Crippen LogP contribution in [0.4, 0.5) is 0 Å². The molecule has 0 aromatic carbocycles. The summed E-state index contributed by atoms with van der Waals surface area (Å²) < 4.78 is 20.8. The Morgan fingerprint density at radius 1 is 1.05 bits per heavy atom. The predicted molar refractivity (Wildman–Crippen MR) is 74.4 cm³/mol. The van der Waals surface area contributed by atoms with Gasteiger partial charge in [-0.15, -0.1) is 11.3 Å². The summed E-state index contributed by atoms with van der Waals surface area (Å²) in [6.45, 7) is 3.59. The van der Waals surface area contributed by atoms with Gasteiger partial charge in [0.25, 0.3) is 0 Å². The first-order chi connectivity index (χ1) is 9.74. The molecule has 20 heavy (non-hydrogen) atoms. The molecule has 1 rings (SSSR count). The lowest BCUT2D eigenvalue weighted by atomic mass is 10.4. The smallest absolute Gasteiger partial charge is 0.345 e. The first kappa shape index (κ1) is 17.1. The Bertz CT molecular complexity index is 379. The fraction of sp³-hybridized carbons (Fsp3) is 0.615. The van der Waals surface area contributed by atoms with Crippen molar-refractivity contribution < 1.29 is 28.8 Å². The van der Waals surface area contributed by atoms with E-state index in [4.69, 9.17) is 24.1 Å². The number of carboxylic acids is 1. The van der Waals surface area contributed by atoms with Crippen LogP contribution in [0, 0.1) is 0 Å². The summed E-state index contributed by atoms with van der Waals surface area (Å²) in [4.78, 5) is 11.9. The van der Waals surface area contributed by atoms with Gasteiger partial charge < -0.3 is 24.1 Å². The Labute approximate surface area is 122 Å². The highest BCUT2D eigenvalue weighted by molar-refractivity contribution is 7.13. The average Bonchev–Trinajstić information content (AvgIpc) is 2.90. The summed E-state index contributed by atoms with van der Waals surface area (Å²) >= 11 is 1.22. The molecule has 0 atom stereocenters. The van der Waals surface area contributed by atoms with Crippen LogP contribution in [0.5, 0.6) is 0 Å². The van der Waals surface area contributed by atoms with Crippen molar-refractivity contribution in [2.45, 2.75) is 6.61 Å². The molecule has 0 unspecified atom stereocenters. The summed E-state index contributed by atoms with van der Waals surface area (Å²) in [5.74, 6) is -0.905. The van der Waals surface area contributed by atoms with Crippen molar-refractivity contribution in [1.82, 2.24) is 0 Å². The molecule has 114 valence electrons. The monoisotopic (exact) mass is 304 g/mol. The number of carboxylic acid groups (broad SMARTS) is 1. The quantitative estimate of drug-likeness (QED) is 0.592. The van der Waals surface area contributed by atoms with Crippen LogP contribution in [0.3, 0.4) is 0 Å². The Kier molecular flexibility index (Phi) is 9.18. The molecule has 1 aromatic heterocycles. The second kappa shape index (κ2) is 10.8. The molecule has 1 aromatic rings. The van der Waals surface area contributed by atoms with Crippen LogP contribution in [0.1, 0.15) is 14.5 Å². The van der Waals surface area contributed by atoms with E-state index >= 15 is 0 Å². The molecule has 0 aliphatic carbocycles. The molecule has 0 aliphatic rings. The zero-order chi connectivity index (χ0) is 14.6. The minimum absolute atomic E-state index is 0.327. The molecule has 7 heteroatoms. The highest BCUT2D eigenvalue weighted by atomic mass is 32.1. The molecular formula is C13H20O6S. The highest BCUT2D eigenvalue weighted by Crippen LogP contribution is 2.17. The molecule has 0 fully saturated rings. The van der Waals surface area contributed by atoms with Gasteiger partial charge in [-0.25, -0.2) is 4.79 Å². The van der Waals surface area contributed by atoms with Gasteiger partial charge in [0.1, 0.15) is 4.88 Å². The van der Waals surface area contributed by atoms with Crippen molar-refractivity contribution >= 4 is 17.3 Å². The maximum Gasteiger partial charge on any atom is 0.345 e. The van der Waals surface area contributed by atoms with Gasteiger partial charge in [0.15, 0.2) is 0 Å². The van der Waals surface area contributed by atoms with Crippen LogP contribution < -0.4 is 0 Å². The molecule has 6 nitrogen and oxygen atoms in total. The van der Waals surface area contributed by atoms with Crippen LogP contribution in [0.25, 0.3) is 0 Å². The van der Waals surface area contributed by atoms with Gasteiger partial charge in [0, 0.05) is 12.0 Å². The number of carbonyl (C=O) groups is 1. The van der Waals surface area contributed by atoms with E-state index in [0.29, 0.717) is 51.1 Å². The van der Waals surface area contributed by atoms with Crippen molar-refractivity contribution in [1.29, 1.82) is 0 Å². The van der Waals surface area contributed by atoms with Crippen LogP contribution >= 0.6 is 11.3 Å². The zero-order valence-electron chi connectivity index (χ0n) is 11.5. The Morgan fingerprint density at radius 2 is 1.65 bits per heavy atom. The number of thiophene rings is 1. The van der Waals surface area contributed by atoms with Gasteiger partial charge in [-0.05, 0) is 12.1 Å². The minimum atomic E-state index is -0.905. The number of aromatic carboxylic acids is 1. The van der Waals surface area contributed by atoms with Gasteiger partial charge in [-0.3, -0.25) is 0 Å². The second-order valence-corrected chi connectivity index (χ2v) is 5.01. The largest absolute Gasteiger partial charge is 0.477 e. The predicted octanol–water partition coefficient (Wildman–Crippen LogP) is 1.64. The summed E-state index contributed by atoms with van der Waals surface area (Å²) in [5.41, 5.74) is 0. The lowest BCUT2D eigenvalue weighted by Crippen LogP contribution is -2.11. The minimum Gasteiger partial charge on any atom is -0.477 e. The molecule has 0 spiro atoms. The van der Waals surface area contributed by atoms with Gasteiger partial charge >= 0.3 is 5.97 Å². The van der Waals surface area contributed by atoms with E-state index in [1.54, 1.807) is 19.2 Å². The molecule has 0 amide bonds. The van der Waals surface area contributed by atoms with Crippen molar-refractivity contribution in [2.24, 2.45) is 0 Å². The normalized spacial score (nSPS) is 10.8. The fourth-order valence-electron chi connectivity index (χ4n) is 1.33. The third-order valence-corrected chi connectivity index (χ3v) is 3.34. The van der Waals surface area contributed by atoms with Crippen LogP contribution in [0.2, 0.25) is 0 Å². The van der Waals surface area contributed by atoms with Crippen molar-refractivity contribution in [3.63, 3.8) is 0 Å². The third kappa shape index (κ3) is 7.56. The van der Waals surface area contributed by atoms with E-state index in [2.05, 4.69) is 0 Å². The van der Waals surface area contributed by atoms with E-state index in [0.717, 1.165) is 4.88 Å². The molecule has 1 heterocycles. The van der Waals surface area contributed by atoms with E-state index in [1.165, 1.54) is 11.3 Å². The van der Waals surface area contributed by atoms with Crippen LogP contribution in [0.15, 0.2) is 12.1 Å². The highest BCUT2D eigenvalue weighted by Gasteiger charge is 2.06. The molecule has 0 bridgehead atoms. The average molecular weight is 304 g/mol. The first-order valence-electron chi connectivity index (χ1n) is 6.28.